The molecular formula is C14H19F3N2O2. The van der Waals surface area contributed by atoms with Gasteiger partial charge >= 0.3 is 6.18 Å². The molecule has 0 unspecified atom stereocenters. The third kappa shape index (κ3) is 4.42. The topological polar surface area (TPSA) is 62.2 Å². The SMILES string of the molecule is CCC(CC)(CO)CNC(=O)c1ccc(C(F)(F)F)cn1. The number of nitrogens with zero attached hydrogens (tertiary/aromatic N) is 1. The van der Waals surface area contributed by atoms with Crippen LogP contribution in [0, 0.1) is 5.41 Å². The second kappa shape index (κ2) is 6.89. The van der Waals surface area contributed by atoms with Gasteiger partial charge in [0.05, 0.1) is 12.2 Å². The summed E-state index contributed by atoms with van der Waals surface area (Å²) < 4.78 is 37.2. The summed E-state index contributed by atoms with van der Waals surface area (Å²) in [5.41, 5.74) is -1.39. The number of rotatable bonds is 6. The van der Waals surface area contributed by atoms with E-state index < -0.39 is 23.1 Å². The molecule has 1 heterocycles. The van der Waals surface area contributed by atoms with E-state index in [9.17, 15) is 23.1 Å². The van der Waals surface area contributed by atoms with Crippen molar-refractivity contribution in [2.24, 2.45) is 5.41 Å². The summed E-state index contributed by atoms with van der Waals surface area (Å²) in [7, 11) is 0. The number of aliphatic hydroxyl groups is 1. The third-order valence-corrected chi connectivity index (χ3v) is 3.78. The van der Waals surface area contributed by atoms with E-state index in [0.29, 0.717) is 19.0 Å². The average molecular weight is 304 g/mol. The van der Waals surface area contributed by atoms with Gasteiger partial charge < -0.3 is 10.4 Å². The van der Waals surface area contributed by atoms with Gasteiger partial charge in [0, 0.05) is 18.2 Å². The lowest BCUT2D eigenvalue weighted by molar-refractivity contribution is -0.137. The van der Waals surface area contributed by atoms with E-state index in [1.54, 1.807) is 0 Å². The zero-order chi connectivity index (χ0) is 16.1. The fourth-order valence-corrected chi connectivity index (χ4v) is 1.83. The second-order valence-electron chi connectivity index (χ2n) is 4.98. The first-order valence-corrected chi connectivity index (χ1v) is 6.70. The lowest BCUT2D eigenvalue weighted by atomic mass is 9.83. The molecule has 1 aromatic heterocycles. The molecule has 0 atom stereocenters. The Morgan fingerprint density at radius 3 is 2.29 bits per heavy atom. The lowest BCUT2D eigenvalue weighted by Gasteiger charge is -2.29. The maximum atomic E-state index is 12.4. The van der Waals surface area contributed by atoms with Crippen LogP contribution in [-0.2, 0) is 6.18 Å². The smallest absolute Gasteiger partial charge is 0.396 e. The van der Waals surface area contributed by atoms with Crippen LogP contribution in [0.3, 0.4) is 0 Å². The summed E-state index contributed by atoms with van der Waals surface area (Å²) in [6.07, 6.45) is -2.48. The van der Waals surface area contributed by atoms with E-state index in [-0.39, 0.29) is 18.8 Å². The van der Waals surface area contributed by atoms with Crippen LogP contribution in [0.2, 0.25) is 0 Å². The number of aliphatic hydroxyl groups excluding tert-OH is 1. The van der Waals surface area contributed by atoms with Gasteiger partial charge in [-0.05, 0) is 25.0 Å². The number of pyridine rings is 1. The van der Waals surface area contributed by atoms with E-state index in [2.05, 4.69) is 10.3 Å². The maximum Gasteiger partial charge on any atom is 0.417 e. The van der Waals surface area contributed by atoms with Crippen LogP contribution in [0.4, 0.5) is 13.2 Å². The highest BCUT2D eigenvalue weighted by Crippen LogP contribution is 2.28. The van der Waals surface area contributed by atoms with Crippen molar-refractivity contribution in [2.75, 3.05) is 13.2 Å². The number of hydrogen-bond donors (Lipinski definition) is 2. The zero-order valence-electron chi connectivity index (χ0n) is 12.0. The number of halogens is 3. The second-order valence-corrected chi connectivity index (χ2v) is 4.98. The Balaban J connectivity index is 2.72. The molecule has 0 bridgehead atoms. The van der Waals surface area contributed by atoms with Crippen LogP contribution < -0.4 is 5.32 Å². The molecule has 7 heteroatoms. The number of aromatic nitrogens is 1. The molecule has 4 nitrogen and oxygen atoms in total. The van der Waals surface area contributed by atoms with Crippen molar-refractivity contribution >= 4 is 5.91 Å². The molecule has 0 fully saturated rings. The van der Waals surface area contributed by atoms with E-state index in [0.717, 1.165) is 12.1 Å². The van der Waals surface area contributed by atoms with Gasteiger partial charge in [-0.1, -0.05) is 13.8 Å². The highest BCUT2D eigenvalue weighted by atomic mass is 19.4. The van der Waals surface area contributed by atoms with Gasteiger partial charge in [-0.2, -0.15) is 13.2 Å². The van der Waals surface area contributed by atoms with E-state index in [4.69, 9.17) is 0 Å². The number of amides is 1. The number of nitrogens with one attached hydrogen (secondary N) is 1. The molecule has 0 saturated carbocycles. The Kier molecular flexibility index (Phi) is 5.71. The standard InChI is InChI=1S/C14H19F3N2O2/c1-3-13(4-2,9-20)8-19-12(21)11-6-5-10(7-18-11)14(15,16)17/h5-7,20H,3-4,8-9H2,1-2H3,(H,19,21). The Morgan fingerprint density at radius 1 is 1.29 bits per heavy atom. The minimum atomic E-state index is -4.47. The van der Waals surface area contributed by atoms with Crippen LogP contribution >= 0.6 is 0 Å². The van der Waals surface area contributed by atoms with E-state index in [1.165, 1.54) is 0 Å². The first kappa shape index (κ1) is 17.4. The van der Waals surface area contributed by atoms with Crippen LogP contribution in [-0.4, -0.2) is 29.1 Å². The summed E-state index contributed by atoms with van der Waals surface area (Å²) >= 11 is 0. The first-order valence-electron chi connectivity index (χ1n) is 6.70. The molecular weight excluding hydrogens is 285 g/mol. The summed E-state index contributed by atoms with van der Waals surface area (Å²) in [5, 5.41) is 12.0. The minimum absolute atomic E-state index is 0.0687. The molecule has 0 saturated heterocycles. The fourth-order valence-electron chi connectivity index (χ4n) is 1.83. The van der Waals surface area contributed by atoms with Crippen molar-refractivity contribution < 1.29 is 23.1 Å². The highest BCUT2D eigenvalue weighted by Gasteiger charge is 2.31. The van der Waals surface area contributed by atoms with Gasteiger partial charge in [0.15, 0.2) is 0 Å². The molecule has 0 aliphatic rings. The largest absolute Gasteiger partial charge is 0.417 e. The summed E-state index contributed by atoms with van der Waals surface area (Å²) in [6.45, 7) is 3.99. The Morgan fingerprint density at radius 2 is 1.90 bits per heavy atom. The monoisotopic (exact) mass is 304 g/mol. The molecule has 21 heavy (non-hydrogen) atoms. The third-order valence-electron chi connectivity index (χ3n) is 3.78. The predicted molar refractivity (Wildman–Crippen MR) is 71.7 cm³/mol. The molecule has 1 amide bonds. The van der Waals surface area contributed by atoms with Gasteiger partial charge in [-0.25, -0.2) is 0 Å². The van der Waals surface area contributed by atoms with Gasteiger partial charge in [-0.15, -0.1) is 0 Å². The van der Waals surface area contributed by atoms with Gasteiger partial charge in [-0.3, -0.25) is 9.78 Å². The van der Waals surface area contributed by atoms with Crippen LogP contribution in [0.1, 0.15) is 42.7 Å². The summed E-state index contributed by atoms with van der Waals surface area (Å²) in [5.74, 6) is -0.552. The van der Waals surface area contributed by atoms with Crippen LogP contribution in [0.25, 0.3) is 0 Å². The molecule has 0 aliphatic carbocycles. The lowest BCUT2D eigenvalue weighted by Crippen LogP contribution is -2.39. The number of alkyl halides is 3. The van der Waals surface area contributed by atoms with Crippen molar-refractivity contribution in [3.05, 3.63) is 29.6 Å². The van der Waals surface area contributed by atoms with Crippen molar-refractivity contribution in [3.63, 3.8) is 0 Å². The summed E-state index contributed by atoms with van der Waals surface area (Å²) in [4.78, 5) is 15.4. The summed E-state index contributed by atoms with van der Waals surface area (Å²) in [6, 6.07) is 1.86. The molecule has 2 N–H and O–H groups in total. The van der Waals surface area contributed by atoms with Crippen LogP contribution in [0.15, 0.2) is 18.3 Å². The average Bonchev–Trinajstić information content (AvgIpc) is 2.48. The van der Waals surface area contributed by atoms with Crippen molar-refractivity contribution in [3.8, 4) is 0 Å². The van der Waals surface area contributed by atoms with Crippen molar-refractivity contribution in [1.82, 2.24) is 10.3 Å². The van der Waals surface area contributed by atoms with Gasteiger partial charge in [0.1, 0.15) is 5.69 Å². The van der Waals surface area contributed by atoms with Gasteiger partial charge in [0.2, 0.25) is 0 Å². The predicted octanol–water partition coefficient (Wildman–Crippen LogP) is 2.63. The number of hydrogen-bond acceptors (Lipinski definition) is 3. The highest BCUT2D eigenvalue weighted by molar-refractivity contribution is 5.92. The van der Waals surface area contributed by atoms with Gasteiger partial charge in [0.25, 0.3) is 5.91 Å². The quantitative estimate of drug-likeness (QED) is 0.849. The Labute approximate surface area is 121 Å². The number of carbonyl (C=O) groups excluding carboxylic acids is 1. The normalized spacial score (nSPS) is 12.3. The van der Waals surface area contributed by atoms with Crippen molar-refractivity contribution in [2.45, 2.75) is 32.9 Å². The molecule has 0 spiro atoms. The minimum Gasteiger partial charge on any atom is -0.396 e. The molecule has 0 aliphatic heterocycles. The zero-order valence-corrected chi connectivity index (χ0v) is 12.0. The molecule has 1 rings (SSSR count). The van der Waals surface area contributed by atoms with Crippen molar-refractivity contribution in [1.29, 1.82) is 0 Å². The Bertz CT molecular complexity index is 460. The molecule has 1 aromatic rings. The van der Waals surface area contributed by atoms with E-state index in [1.807, 2.05) is 13.8 Å². The molecule has 0 radical (unpaired) electrons. The number of carbonyl (C=O) groups is 1. The first-order chi connectivity index (χ1) is 9.78. The maximum absolute atomic E-state index is 12.4. The fraction of sp³-hybridized carbons (Fsp3) is 0.571. The van der Waals surface area contributed by atoms with E-state index >= 15 is 0 Å². The molecule has 0 aromatic carbocycles. The van der Waals surface area contributed by atoms with Crippen LogP contribution in [0.5, 0.6) is 0 Å². The molecule has 118 valence electrons. The Hall–Kier alpha value is -1.63.